The van der Waals surface area contributed by atoms with Crippen LogP contribution in [0.2, 0.25) is 0 Å². The number of likely N-dealkylation sites (N-methyl/N-ethyl adjacent to an activating group) is 1. The number of hydrogen-bond donors (Lipinski definition) is 1. The number of carbonyl (C=O) groups is 2. The van der Waals surface area contributed by atoms with Crippen LogP contribution in [0.4, 0.5) is 0 Å². The molecular weight excluding hydrogens is 274 g/mol. The van der Waals surface area contributed by atoms with Crippen molar-refractivity contribution in [3.05, 3.63) is 0 Å². The number of amides is 2. The van der Waals surface area contributed by atoms with Crippen molar-refractivity contribution in [3.63, 3.8) is 0 Å². The van der Waals surface area contributed by atoms with Gasteiger partial charge < -0.3 is 15.1 Å². The van der Waals surface area contributed by atoms with Gasteiger partial charge in [0.25, 0.3) is 0 Å². The van der Waals surface area contributed by atoms with Gasteiger partial charge in [-0.3, -0.25) is 9.59 Å². The molecule has 112 valence electrons. The first-order valence-electron chi connectivity index (χ1n) is 7.44. The molecular formula is C14H23N3O2S. The molecule has 0 saturated carbocycles. The topological polar surface area (TPSA) is 52.7 Å². The lowest BCUT2D eigenvalue weighted by Gasteiger charge is -2.37. The van der Waals surface area contributed by atoms with Gasteiger partial charge in [-0.25, -0.2) is 0 Å². The Morgan fingerprint density at radius 1 is 1.25 bits per heavy atom. The molecule has 3 unspecified atom stereocenters. The Balaban J connectivity index is 1.66. The summed E-state index contributed by atoms with van der Waals surface area (Å²) in [6.45, 7) is 1.55. The van der Waals surface area contributed by atoms with Crippen LogP contribution in [0.5, 0.6) is 0 Å². The highest BCUT2D eigenvalue weighted by Gasteiger charge is 2.40. The molecule has 20 heavy (non-hydrogen) atoms. The second-order valence-corrected chi connectivity index (χ2v) is 7.22. The van der Waals surface area contributed by atoms with Crippen LogP contribution in [0, 0.1) is 0 Å². The number of carbonyl (C=O) groups excluding carboxylic acids is 2. The Kier molecular flexibility index (Phi) is 3.95. The minimum atomic E-state index is -0.255. The van der Waals surface area contributed by atoms with Crippen LogP contribution in [-0.4, -0.2) is 64.5 Å². The van der Waals surface area contributed by atoms with Crippen molar-refractivity contribution in [1.82, 2.24) is 15.1 Å². The van der Waals surface area contributed by atoms with Gasteiger partial charge in [-0.2, -0.15) is 0 Å². The maximum Gasteiger partial charge on any atom is 0.246 e. The minimum absolute atomic E-state index is 0.00660. The molecule has 3 heterocycles. The molecule has 0 aromatic carbocycles. The third-order valence-electron chi connectivity index (χ3n) is 4.92. The third-order valence-corrected chi connectivity index (χ3v) is 5.93. The summed E-state index contributed by atoms with van der Waals surface area (Å²) in [7, 11) is 1.92. The lowest BCUT2D eigenvalue weighted by molar-refractivity contribution is -0.143. The van der Waals surface area contributed by atoms with Gasteiger partial charge in [0.05, 0.1) is 5.88 Å². The first-order valence-corrected chi connectivity index (χ1v) is 8.59. The standard InChI is InChI=1S/C14H23N3O2S/c1-9(18)17-8-20-7-13(17)14(19)16(2)12-5-10-3-4-11(6-12)15-10/h10-13,15H,3-8H2,1-2H3. The Labute approximate surface area is 124 Å². The second kappa shape index (κ2) is 5.56. The molecule has 6 heteroatoms. The number of rotatable bonds is 2. The summed E-state index contributed by atoms with van der Waals surface area (Å²) in [5, 5.41) is 3.60. The van der Waals surface area contributed by atoms with E-state index in [0.717, 1.165) is 18.6 Å². The van der Waals surface area contributed by atoms with Crippen molar-refractivity contribution in [3.8, 4) is 0 Å². The first-order chi connectivity index (χ1) is 9.56. The van der Waals surface area contributed by atoms with E-state index in [-0.39, 0.29) is 17.9 Å². The van der Waals surface area contributed by atoms with Gasteiger partial charge in [-0.15, -0.1) is 11.8 Å². The molecule has 3 aliphatic heterocycles. The van der Waals surface area contributed by atoms with E-state index in [1.165, 1.54) is 12.8 Å². The number of piperidine rings is 1. The average Bonchev–Trinajstić information content (AvgIpc) is 3.03. The Hall–Kier alpha value is -0.750. The van der Waals surface area contributed by atoms with Crippen molar-refractivity contribution in [1.29, 1.82) is 0 Å². The minimum Gasteiger partial charge on any atom is -0.341 e. The quantitative estimate of drug-likeness (QED) is 0.813. The molecule has 1 N–H and O–H groups in total. The Bertz CT molecular complexity index is 405. The Morgan fingerprint density at radius 2 is 1.90 bits per heavy atom. The van der Waals surface area contributed by atoms with Crippen LogP contribution < -0.4 is 5.32 Å². The zero-order chi connectivity index (χ0) is 14.3. The van der Waals surface area contributed by atoms with Crippen LogP contribution in [0.3, 0.4) is 0 Å². The molecule has 0 spiro atoms. The van der Waals surface area contributed by atoms with Crippen LogP contribution >= 0.6 is 11.8 Å². The maximum absolute atomic E-state index is 12.7. The van der Waals surface area contributed by atoms with Gasteiger partial charge >= 0.3 is 0 Å². The molecule has 3 saturated heterocycles. The number of thioether (sulfide) groups is 1. The van der Waals surface area contributed by atoms with Gasteiger partial charge in [0.2, 0.25) is 11.8 Å². The zero-order valence-electron chi connectivity index (χ0n) is 12.2. The normalized spacial score (nSPS) is 36.2. The SMILES string of the molecule is CC(=O)N1CSCC1C(=O)N(C)C1CC2CCC(C1)N2. The monoisotopic (exact) mass is 297 g/mol. The average molecular weight is 297 g/mol. The van der Waals surface area contributed by atoms with E-state index < -0.39 is 0 Å². The van der Waals surface area contributed by atoms with Crippen molar-refractivity contribution in [2.75, 3.05) is 18.7 Å². The predicted octanol–water partition coefficient (Wildman–Crippen LogP) is 0.649. The lowest BCUT2D eigenvalue weighted by atomic mass is 9.98. The van der Waals surface area contributed by atoms with Crippen LogP contribution in [0.1, 0.15) is 32.6 Å². The number of hydrogen-bond acceptors (Lipinski definition) is 4. The van der Waals surface area contributed by atoms with E-state index in [0.29, 0.717) is 24.0 Å². The van der Waals surface area contributed by atoms with E-state index in [2.05, 4.69) is 5.32 Å². The van der Waals surface area contributed by atoms with Gasteiger partial charge in [-0.05, 0) is 25.7 Å². The summed E-state index contributed by atoms with van der Waals surface area (Å²) in [5.74, 6) is 1.51. The molecule has 0 aromatic rings. The largest absolute Gasteiger partial charge is 0.341 e. The molecule has 2 bridgehead atoms. The molecule has 5 nitrogen and oxygen atoms in total. The molecule has 0 aliphatic carbocycles. The number of nitrogens with one attached hydrogen (secondary N) is 1. The van der Waals surface area contributed by atoms with Crippen molar-refractivity contribution in [2.24, 2.45) is 0 Å². The van der Waals surface area contributed by atoms with Crippen LogP contribution in [0.25, 0.3) is 0 Å². The number of fused-ring (bicyclic) bond motifs is 2. The highest BCUT2D eigenvalue weighted by atomic mass is 32.2. The summed E-state index contributed by atoms with van der Waals surface area (Å²) >= 11 is 1.67. The first kappa shape index (κ1) is 14.2. The fourth-order valence-electron chi connectivity index (χ4n) is 3.72. The Morgan fingerprint density at radius 3 is 2.50 bits per heavy atom. The molecule has 3 fully saturated rings. The van der Waals surface area contributed by atoms with E-state index in [1.54, 1.807) is 23.6 Å². The summed E-state index contributed by atoms with van der Waals surface area (Å²) < 4.78 is 0. The smallest absolute Gasteiger partial charge is 0.246 e. The van der Waals surface area contributed by atoms with Gasteiger partial charge in [0.1, 0.15) is 6.04 Å². The third kappa shape index (κ3) is 2.55. The van der Waals surface area contributed by atoms with Gasteiger partial charge in [-0.1, -0.05) is 0 Å². The van der Waals surface area contributed by atoms with Crippen LogP contribution in [0.15, 0.2) is 0 Å². The van der Waals surface area contributed by atoms with Gasteiger partial charge in [0.15, 0.2) is 0 Å². The van der Waals surface area contributed by atoms with E-state index in [9.17, 15) is 9.59 Å². The zero-order valence-corrected chi connectivity index (χ0v) is 13.0. The summed E-state index contributed by atoms with van der Waals surface area (Å²) in [6.07, 6.45) is 4.58. The summed E-state index contributed by atoms with van der Waals surface area (Å²) in [6, 6.07) is 1.24. The van der Waals surface area contributed by atoms with Crippen molar-refractivity contribution < 1.29 is 9.59 Å². The van der Waals surface area contributed by atoms with Gasteiger partial charge in [0, 0.05) is 37.8 Å². The molecule has 0 radical (unpaired) electrons. The molecule has 0 aromatic heterocycles. The molecule has 3 rings (SSSR count). The maximum atomic E-state index is 12.7. The van der Waals surface area contributed by atoms with Crippen LogP contribution in [-0.2, 0) is 9.59 Å². The molecule has 3 aliphatic rings. The summed E-state index contributed by atoms with van der Waals surface area (Å²) in [5.41, 5.74) is 0. The fraction of sp³-hybridized carbons (Fsp3) is 0.857. The van der Waals surface area contributed by atoms with E-state index in [1.807, 2.05) is 11.9 Å². The van der Waals surface area contributed by atoms with E-state index >= 15 is 0 Å². The second-order valence-electron chi connectivity index (χ2n) is 6.22. The van der Waals surface area contributed by atoms with Crippen molar-refractivity contribution >= 4 is 23.6 Å². The highest BCUT2D eigenvalue weighted by molar-refractivity contribution is 7.99. The predicted molar refractivity (Wildman–Crippen MR) is 79.4 cm³/mol. The lowest BCUT2D eigenvalue weighted by Crippen LogP contribution is -2.54. The molecule has 2 amide bonds. The highest BCUT2D eigenvalue weighted by Crippen LogP contribution is 2.30. The van der Waals surface area contributed by atoms with Crippen molar-refractivity contribution in [2.45, 2.75) is 56.8 Å². The fourth-order valence-corrected chi connectivity index (χ4v) is 4.93. The summed E-state index contributed by atoms with van der Waals surface area (Å²) in [4.78, 5) is 27.9. The molecule has 3 atom stereocenters. The van der Waals surface area contributed by atoms with E-state index in [4.69, 9.17) is 0 Å². The number of nitrogens with zero attached hydrogens (tertiary/aromatic N) is 2.